The fourth-order valence-corrected chi connectivity index (χ4v) is 1.02. The second kappa shape index (κ2) is 7.12. The first kappa shape index (κ1) is 14.8. The number of carbonyl (C=O) groups excluding carboxylic acids is 2. The summed E-state index contributed by atoms with van der Waals surface area (Å²) in [5, 5.41) is 17.1. The first-order chi connectivity index (χ1) is 7.48. The lowest BCUT2D eigenvalue weighted by Crippen LogP contribution is -2.52. The highest BCUT2D eigenvalue weighted by molar-refractivity contribution is 5.88. The smallest absolute Gasteiger partial charge is 0.278 e. The highest BCUT2D eigenvalue weighted by Crippen LogP contribution is 2.17. The number of primary amides is 2. The van der Waals surface area contributed by atoms with Gasteiger partial charge in [-0.3, -0.25) is 9.59 Å². The van der Waals surface area contributed by atoms with Crippen LogP contribution in [-0.2, 0) is 19.1 Å². The van der Waals surface area contributed by atoms with Gasteiger partial charge in [0, 0.05) is 0 Å². The van der Waals surface area contributed by atoms with E-state index < -0.39 is 24.0 Å². The van der Waals surface area contributed by atoms with Crippen LogP contribution >= 0.6 is 0 Å². The third-order valence-corrected chi connectivity index (χ3v) is 1.64. The highest BCUT2D eigenvalue weighted by atomic mass is 16.7. The zero-order valence-corrected chi connectivity index (χ0v) is 8.72. The molecule has 0 bridgehead atoms. The molecule has 2 amide bonds. The summed E-state index contributed by atoms with van der Waals surface area (Å²) >= 11 is 0. The van der Waals surface area contributed by atoms with E-state index in [2.05, 4.69) is 0 Å². The average Bonchev–Trinajstić information content (AvgIpc) is 2.21. The molecule has 0 unspecified atom stereocenters. The maximum atomic E-state index is 11.2. The standard InChI is InChI=1S/C8H16N2O6/c9-6(13)5-8(7(10)14,15-3-1-11)16-4-2-12/h11-12H,1-5H2,(H2,9,13)(H2,10,14). The van der Waals surface area contributed by atoms with Crippen LogP contribution in [0.15, 0.2) is 0 Å². The van der Waals surface area contributed by atoms with Gasteiger partial charge in [0.1, 0.15) is 0 Å². The molecule has 0 radical (unpaired) electrons. The van der Waals surface area contributed by atoms with Gasteiger partial charge in [-0.15, -0.1) is 0 Å². The Bertz CT molecular complexity index is 237. The molecule has 8 nitrogen and oxygen atoms in total. The van der Waals surface area contributed by atoms with Crippen molar-refractivity contribution < 1.29 is 29.3 Å². The second-order valence-electron chi connectivity index (χ2n) is 2.90. The first-order valence-electron chi connectivity index (χ1n) is 4.56. The maximum Gasteiger partial charge on any atom is 0.278 e. The lowest BCUT2D eigenvalue weighted by atomic mass is 10.1. The van der Waals surface area contributed by atoms with E-state index in [1.807, 2.05) is 0 Å². The Morgan fingerprint density at radius 2 is 1.50 bits per heavy atom. The summed E-state index contributed by atoms with van der Waals surface area (Å²) in [7, 11) is 0. The van der Waals surface area contributed by atoms with E-state index in [0.29, 0.717) is 0 Å². The number of hydrogen-bond acceptors (Lipinski definition) is 6. The van der Waals surface area contributed by atoms with Crippen molar-refractivity contribution in [3.05, 3.63) is 0 Å². The van der Waals surface area contributed by atoms with Crippen molar-refractivity contribution in [3.63, 3.8) is 0 Å². The fourth-order valence-electron chi connectivity index (χ4n) is 1.02. The Morgan fingerprint density at radius 1 is 1.06 bits per heavy atom. The Hall–Kier alpha value is -1.22. The average molecular weight is 236 g/mol. The molecule has 0 aromatic carbocycles. The third-order valence-electron chi connectivity index (χ3n) is 1.64. The molecule has 6 N–H and O–H groups in total. The van der Waals surface area contributed by atoms with Crippen molar-refractivity contribution in [2.75, 3.05) is 26.4 Å². The van der Waals surface area contributed by atoms with Crippen molar-refractivity contribution in [2.45, 2.75) is 12.2 Å². The minimum absolute atomic E-state index is 0.248. The molecular weight excluding hydrogens is 220 g/mol. The van der Waals surface area contributed by atoms with Crippen LogP contribution in [0, 0.1) is 0 Å². The van der Waals surface area contributed by atoms with E-state index in [9.17, 15) is 9.59 Å². The molecule has 8 heteroatoms. The van der Waals surface area contributed by atoms with E-state index in [4.69, 9.17) is 31.2 Å². The quantitative estimate of drug-likeness (QED) is 0.315. The van der Waals surface area contributed by atoms with Crippen LogP contribution in [0.25, 0.3) is 0 Å². The van der Waals surface area contributed by atoms with Crippen LogP contribution in [0.4, 0.5) is 0 Å². The number of amides is 2. The van der Waals surface area contributed by atoms with Crippen LogP contribution in [0.2, 0.25) is 0 Å². The molecule has 0 fully saturated rings. The molecule has 0 aliphatic carbocycles. The van der Waals surface area contributed by atoms with Crippen molar-refractivity contribution in [1.29, 1.82) is 0 Å². The molecule has 0 saturated carbocycles. The first-order valence-corrected chi connectivity index (χ1v) is 4.56. The predicted molar refractivity (Wildman–Crippen MR) is 51.8 cm³/mol. The van der Waals surface area contributed by atoms with Gasteiger partial charge in [-0.1, -0.05) is 0 Å². The summed E-state index contributed by atoms with van der Waals surface area (Å²) in [6, 6.07) is 0. The lowest BCUT2D eigenvalue weighted by molar-refractivity contribution is -0.234. The number of aliphatic hydroxyl groups excluding tert-OH is 2. The molecule has 0 aliphatic heterocycles. The van der Waals surface area contributed by atoms with Crippen LogP contribution in [0.1, 0.15) is 6.42 Å². The number of nitrogens with two attached hydrogens (primary N) is 2. The summed E-state index contributed by atoms with van der Waals surface area (Å²) in [4.78, 5) is 21.9. The Kier molecular flexibility index (Phi) is 6.58. The normalized spacial score (nSPS) is 11.4. The summed E-state index contributed by atoms with van der Waals surface area (Å²) in [6.45, 7) is -1.25. The van der Waals surface area contributed by atoms with Crippen molar-refractivity contribution in [3.8, 4) is 0 Å². The molecule has 0 aliphatic rings. The largest absolute Gasteiger partial charge is 0.394 e. The van der Waals surface area contributed by atoms with Crippen LogP contribution in [-0.4, -0.2) is 54.2 Å². The lowest BCUT2D eigenvalue weighted by Gasteiger charge is -2.29. The molecule has 0 heterocycles. The van der Waals surface area contributed by atoms with Gasteiger partial charge in [-0.25, -0.2) is 0 Å². The SMILES string of the molecule is NC(=O)CC(OCCO)(OCCO)C(N)=O. The molecule has 0 aromatic rings. The van der Waals surface area contributed by atoms with Crippen LogP contribution in [0.3, 0.4) is 0 Å². The summed E-state index contributed by atoms with van der Waals surface area (Å²) in [5.41, 5.74) is 9.97. The number of carbonyl (C=O) groups is 2. The Morgan fingerprint density at radius 3 is 1.75 bits per heavy atom. The van der Waals surface area contributed by atoms with Crippen LogP contribution < -0.4 is 11.5 Å². The molecule has 0 rings (SSSR count). The molecular formula is C8H16N2O6. The van der Waals surface area contributed by atoms with Gasteiger partial charge in [0.25, 0.3) is 11.7 Å². The summed E-state index contributed by atoms with van der Waals surface area (Å²) < 4.78 is 9.79. The van der Waals surface area contributed by atoms with Crippen molar-refractivity contribution >= 4 is 11.8 Å². The number of rotatable bonds is 9. The van der Waals surface area contributed by atoms with Gasteiger partial charge < -0.3 is 31.2 Å². The van der Waals surface area contributed by atoms with E-state index in [1.165, 1.54) is 0 Å². The van der Waals surface area contributed by atoms with E-state index >= 15 is 0 Å². The number of hydrogen-bond donors (Lipinski definition) is 4. The topological polar surface area (TPSA) is 145 Å². The summed E-state index contributed by atoms with van der Waals surface area (Å²) in [6.07, 6.45) is -0.581. The van der Waals surface area contributed by atoms with Crippen molar-refractivity contribution in [2.24, 2.45) is 11.5 Å². The van der Waals surface area contributed by atoms with E-state index in [-0.39, 0.29) is 26.4 Å². The van der Waals surface area contributed by atoms with Gasteiger partial charge in [0.15, 0.2) is 0 Å². The Balaban J connectivity index is 4.73. The monoisotopic (exact) mass is 236 g/mol. The van der Waals surface area contributed by atoms with Crippen molar-refractivity contribution in [1.82, 2.24) is 0 Å². The molecule has 0 spiro atoms. The maximum absolute atomic E-state index is 11.2. The zero-order chi connectivity index (χ0) is 12.6. The highest BCUT2D eigenvalue weighted by Gasteiger charge is 2.41. The minimum atomic E-state index is -2.03. The zero-order valence-electron chi connectivity index (χ0n) is 8.72. The molecule has 0 saturated heterocycles. The van der Waals surface area contributed by atoms with Gasteiger partial charge in [0.05, 0.1) is 32.8 Å². The van der Waals surface area contributed by atoms with E-state index in [1.54, 1.807) is 0 Å². The molecule has 94 valence electrons. The summed E-state index contributed by atoms with van der Waals surface area (Å²) in [5.74, 6) is -3.93. The van der Waals surface area contributed by atoms with E-state index in [0.717, 1.165) is 0 Å². The van der Waals surface area contributed by atoms with Gasteiger partial charge >= 0.3 is 0 Å². The third kappa shape index (κ3) is 4.53. The Labute approximate surface area is 92.1 Å². The minimum Gasteiger partial charge on any atom is -0.394 e. The fraction of sp³-hybridized carbons (Fsp3) is 0.750. The van der Waals surface area contributed by atoms with Crippen LogP contribution in [0.5, 0.6) is 0 Å². The second-order valence-corrected chi connectivity index (χ2v) is 2.90. The molecule has 0 aromatic heterocycles. The van der Waals surface area contributed by atoms with Gasteiger partial charge in [0.2, 0.25) is 5.91 Å². The van der Waals surface area contributed by atoms with Gasteiger partial charge in [-0.2, -0.15) is 0 Å². The number of ether oxygens (including phenoxy) is 2. The molecule has 16 heavy (non-hydrogen) atoms. The number of aliphatic hydroxyl groups is 2. The predicted octanol–water partition coefficient (Wildman–Crippen LogP) is -2.94. The molecule has 0 atom stereocenters. The van der Waals surface area contributed by atoms with Gasteiger partial charge in [-0.05, 0) is 0 Å².